The van der Waals surface area contributed by atoms with Crippen LogP contribution in [0.3, 0.4) is 0 Å². The monoisotopic (exact) mass is 368 g/mol. The minimum atomic E-state index is -3.30. The van der Waals surface area contributed by atoms with Gasteiger partial charge in [0.05, 0.1) is 11.9 Å². The van der Waals surface area contributed by atoms with Gasteiger partial charge in [0.1, 0.15) is 5.75 Å². The van der Waals surface area contributed by atoms with E-state index in [0.717, 1.165) is 32.2 Å². The zero-order chi connectivity index (χ0) is 18.6. The number of carbonyl (C=O) groups is 1. The lowest BCUT2D eigenvalue weighted by atomic mass is 9.99. The van der Waals surface area contributed by atoms with Crippen LogP contribution in [0, 0.1) is 5.92 Å². The molecule has 6 nitrogen and oxygen atoms in total. The molecule has 0 unspecified atom stereocenters. The lowest BCUT2D eigenvalue weighted by Crippen LogP contribution is -2.46. The molecule has 140 valence electrons. The summed E-state index contributed by atoms with van der Waals surface area (Å²) in [7, 11) is -1.80. The average Bonchev–Trinajstić information content (AvgIpc) is 2.58. The van der Waals surface area contributed by atoms with Crippen LogP contribution in [0.2, 0.25) is 0 Å². The van der Waals surface area contributed by atoms with E-state index in [0.29, 0.717) is 23.8 Å². The standard InChI is InChI=1S/C18H28N2O4S/c1-5-17(18(21)20-12-6-7-14(2)13-20)24-16-10-8-15(9-11-16)19(3)25(4,22)23/h8-11,14,17H,5-7,12-13H2,1-4H3/t14-,17-/m1/s1. The first-order chi connectivity index (χ1) is 11.7. The van der Waals surface area contributed by atoms with Gasteiger partial charge in [-0.15, -0.1) is 0 Å². The first-order valence-corrected chi connectivity index (χ1v) is 10.6. The number of ether oxygens (including phenoxy) is 1. The molecule has 0 N–H and O–H groups in total. The maximum Gasteiger partial charge on any atom is 0.263 e. The van der Waals surface area contributed by atoms with Crippen LogP contribution in [-0.4, -0.2) is 51.7 Å². The Morgan fingerprint density at radius 2 is 2.00 bits per heavy atom. The number of rotatable bonds is 6. The second kappa shape index (κ2) is 8.08. The Labute approximate surface area is 150 Å². The summed E-state index contributed by atoms with van der Waals surface area (Å²) >= 11 is 0. The van der Waals surface area contributed by atoms with Crippen molar-refractivity contribution >= 4 is 21.6 Å². The van der Waals surface area contributed by atoms with Gasteiger partial charge in [0.2, 0.25) is 10.0 Å². The van der Waals surface area contributed by atoms with E-state index in [4.69, 9.17) is 4.74 Å². The van der Waals surface area contributed by atoms with E-state index in [1.54, 1.807) is 24.3 Å². The summed E-state index contributed by atoms with van der Waals surface area (Å²) in [4.78, 5) is 14.6. The van der Waals surface area contributed by atoms with E-state index >= 15 is 0 Å². The van der Waals surface area contributed by atoms with Crippen molar-refractivity contribution < 1.29 is 17.9 Å². The molecule has 7 heteroatoms. The number of sulfonamides is 1. The highest BCUT2D eigenvalue weighted by Gasteiger charge is 2.28. The molecule has 0 radical (unpaired) electrons. The summed E-state index contributed by atoms with van der Waals surface area (Å²) in [6.07, 6.45) is 3.44. The number of benzene rings is 1. The third kappa shape index (κ3) is 5.11. The predicted molar refractivity (Wildman–Crippen MR) is 99.4 cm³/mol. The molecule has 0 spiro atoms. The van der Waals surface area contributed by atoms with Crippen LogP contribution in [0.4, 0.5) is 5.69 Å². The lowest BCUT2D eigenvalue weighted by molar-refractivity contribution is -0.140. The van der Waals surface area contributed by atoms with Crippen molar-refractivity contribution in [3.63, 3.8) is 0 Å². The topological polar surface area (TPSA) is 66.9 Å². The Kier molecular flexibility index (Phi) is 6.32. The van der Waals surface area contributed by atoms with E-state index < -0.39 is 16.1 Å². The first kappa shape index (κ1) is 19.6. The van der Waals surface area contributed by atoms with Crippen molar-refractivity contribution in [3.8, 4) is 5.75 Å². The molecule has 1 amide bonds. The second-order valence-electron chi connectivity index (χ2n) is 6.77. The smallest absolute Gasteiger partial charge is 0.263 e. The molecule has 1 aromatic carbocycles. The Balaban J connectivity index is 2.05. The van der Waals surface area contributed by atoms with Crippen molar-refractivity contribution in [1.29, 1.82) is 0 Å². The van der Waals surface area contributed by atoms with Crippen LogP contribution in [0.1, 0.15) is 33.1 Å². The Morgan fingerprint density at radius 1 is 1.36 bits per heavy atom. The van der Waals surface area contributed by atoms with Gasteiger partial charge in [-0.1, -0.05) is 13.8 Å². The molecule has 1 aliphatic rings. The summed E-state index contributed by atoms with van der Waals surface area (Å²) in [6, 6.07) is 6.75. The molecule has 0 saturated carbocycles. The summed E-state index contributed by atoms with van der Waals surface area (Å²) in [5, 5.41) is 0. The number of likely N-dealkylation sites (tertiary alicyclic amines) is 1. The fourth-order valence-electron chi connectivity index (χ4n) is 2.99. The Morgan fingerprint density at radius 3 is 2.52 bits per heavy atom. The van der Waals surface area contributed by atoms with E-state index in [-0.39, 0.29) is 5.91 Å². The molecule has 1 aliphatic heterocycles. The fraction of sp³-hybridized carbons (Fsp3) is 0.611. The lowest BCUT2D eigenvalue weighted by Gasteiger charge is -2.33. The van der Waals surface area contributed by atoms with Gasteiger partial charge in [0.15, 0.2) is 6.10 Å². The van der Waals surface area contributed by atoms with Crippen LogP contribution >= 0.6 is 0 Å². The summed E-state index contributed by atoms with van der Waals surface area (Å²) in [5.74, 6) is 1.13. The fourth-order valence-corrected chi connectivity index (χ4v) is 3.50. The van der Waals surface area contributed by atoms with Crippen molar-refractivity contribution in [2.75, 3.05) is 30.7 Å². The minimum Gasteiger partial charge on any atom is -0.481 e. The summed E-state index contributed by atoms with van der Waals surface area (Å²) in [5.41, 5.74) is 0.555. The zero-order valence-electron chi connectivity index (χ0n) is 15.4. The van der Waals surface area contributed by atoms with Gasteiger partial charge >= 0.3 is 0 Å². The molecular weight excluding hydrogens is 340 g/mol. The number of amides is 1. The average molecular weight is 368 g/mol. The Hall–Kier alpha value is -1.76. The van der Waals surface area contributed by atoms with E-state index in [1.165, 1.54) is 11.4 Å². The summed E-state index contributed by atoms with van der Waals surface area (Å²) in [6.45, 7) is 5.68. The molecule has 0 aromatic heterocycles. The largest absolute Gasteiger partial charge is 0.481 e. The predicted octanol–water partition coefficient (Wildman–Crippen LogP) is 2.50. The molecule has 0 bridgehead atoms. The highest BCUT2D eigenvalue weighted by molar-refractivity contribution is 7.92. The first-order valence-electron chi connectivity index (χ1n) is 8.71. The van der Waals surface area contributed by atoms with Crippen molar-refractivity contribution in [3.05, 3.63) is 24.3 Å². The number of piperidine rings is 1. The maximum atomic E-state index is 12.7. The molecule has 0 aliphatic carbocycles. The van der Waals surface area contributed by atoms with Gasteiger partial charge in [-0.3, -0.25) is 9.10 Å². The molecule has 1 saturated heterocycles. The molecular formula is C18H28N2O4S. The maximum absolute atomic E-state index is 12.7. The number of anilines is 1. The number of carbonyl (C=O) groups excluding carboxylic acids is 1. The van der Waals surface area contributed by atoms with Gasteiger partial charge in [-0.2, -0.15) is 0 Å². The van der Waals surface area contributed by atoms with Crippen LogP contribution in [-0.2, 0) is 14.8 Å². The van der Waals surface area contributed by atoms with Crippen molar-refractivity contribution in [2.24, 2.45) is 5.92 Å². The second-order valence-corrected chi connectivity index (χ2v) is 8.78. The van der Waals surface area contributed by atoms with Crippen LogP contribution in [0.25, 0.3) is 0 Å². The van der Waals surface area contributed by atoms with Gasteiger partial charge in [0, 0.05) is 20.1 Å². The zero-order valence-corrected chi connectivity index (χ0v) is 16.3. The molecule has 1 aromatic rings. The van der Waals surface area contributed by atoms with Crippen LogP contribution in [0.15, 0.2) is 24.3 Å². The van der Waals surface area contributed by atoms with Gasteiger partial charge in [-0.05, 0) is 49.4 Å². The van der Waals surface area contributed by atoms with E-state index in [9.17, 15) is 13.2 Å². The number of nitrogens with zero attached hydrogens (tertiary/aromatic N) is 2. The van der Waals surface area contributed by atoms with Crippen molar-refractivity contribution in [1.82, 2.24) is 4.90 Å². The van der Waals surface area contributed by atoms with Crippen LogP contribution in [0.5, 0.6) is 5.75 Å². The molecule has 2 atom stereocenters. The van der Waals surface area contributed by atoms with Crippen molar-refractivity contribution in [2.45, 2.75) is 39.2 Å². The summed E-state index contributed by atoms with van der Waals surface area (Å²) < 4.78 is 30.2. The minimum absolute atomic E-state index is 0.0337. The molecule has 1 fully saturated rings. The molecule has 25 heavy (non-hydrogen) atoms. The third-order valence-corrected chi connectivity index (χ3v) is 5.80. The quantitative estimate of drug-likeness (QED) is 0.774. The van der Waals surface area contributed by atoms with Gasteiger partial charge < -0.3 is 9.64 Å². The van der Waals surface area contributed by atoms with Gasteiger partial charge in [-0.25, -0.2) is 8.42 Å². The normalized spacial score (nSPS) is 19.4. The van der Waals surface area contributed by atoms with Gasteiger partial charge in [0.25, 0.3) is 5.91 Å². The SMILES string of the molecule is CC[C@@H](Oc1ccc(N(C)S(C)(=O)=O)cc1)C(=O)N1CCC[C@@H](C)C1. The van der Waals surface area contributed by atoms with E-state index in [2.05, 4.69) is 6.92 Å². The van der Waals surface area contributed by atoms with E-state index in [1.807, 2.05) is 11.8 Å². The number of hydrogen-bond acceptors (Lipinski definition) is 4. The third-order valence-electron chi connectivity index (χ3n) is 4.59. The highest BCUT2D eigenvalue weighted by Crippen LogP contribution is 2.23. The molecule has 1 heterocycles. The molecule has 2 rings (SSSR count). The number of hydrogen-bond donors (Lipinski definition) is 0. The Bertz CT molecular complexity index is 688. The van der Waals surface area contributed by atoms with Crippen LogP contribution < -0.4 is 9.04 Å². The highest BCUT2D eigenvalue weighted by atomic mass is 32.2.